The molecular weight excluding hydrogens is 308 g/mol. The summed E-state index contributed by atoms with van der Waals surface area (Å²) in [5.41, 5.74) is 0.918. The van der Waals surface area contributed by atoms with Gasteiger partial charge in [-0.2, -0.15) is 5.10 Å². The van der Waals surface area contributed by atoms with E-state index in [9.17, 15) is 4.79 Å². The number of aromatic nitrogens is 2. The zero-order valence-corrected chi connectivity index (χ0v) is 14.1. The minimum atomic E-state index is -0.290. The number of amides is 1. The lowest BCUT2D eigenvalue weighted by molar-refractivity contribution is -0.146. The molecule has 3 saturated heterocycles. The first-order valence-electron chi connectivity index (χ1n) is 8.78. The smallest absolute Gasteiger partial charge is 0.251 e. The van der Waals surface area contributed by atoms with Gasteiger partial charge in [-0.25, -0.2) is 0 Å². The molecule has 3 atom stereocenters. The largest absolute Gasteiger partial charge is 0.378 e. The van der Waals surface area contributed by atoms with E-state index in [0.717, 1.165) is 37.4 Å². The molecule has 1 amide bonds. The van der Waals surface area contributed by atoms with Crippen LogP contribution in [0.3, 0.4) is 0 Å². The van der Waals surface area contributed by atoms with Crippen molar-refractivity contribution in [3.8, 4) is 0 Å². The van der Waals surface area contributed by atoms with Crippen LogP contribution in [0.25, 0.3) is 0 Å². The van der Waals surface area contributed by atoms with Gasteiger partial charge in [0.05, 0.1) is 25.0 Å². The number of ether oxygens (including phenoxy) is 2. The van der Waals surface area contributed by atoms with Gasteiger partial charge < -0.3 is 19.3 Å². The Morgan fingerprint density at radius 3 is 2.79 bits per heavy atom. The lowest BCUT2D eigenvalue weighted by Gasteiger charge is -2.34. The fourth-order valence-corrected chi connectivity index (χ4v) is 3.85. The molecule has 3 aliphatic rings. The first-order valence-corrected chi connectivity index (χ1v) is 8.78. The zero-order valence-electron chi connectivity index (χ0n) is 14.1. The standard InChI is InChI=1S/C17H24N4O3/c1-12-2-3-16(19-18-12)21-5-4-13-10-14(24-15(13)11-21)17(22)20-6-8-23-9-7-20/h2-3,13-15H,4-11H2,1H3/t13-,14-,15-/m0/s1. The molecule has 4 rings (SSSR count). The molecule has 130 valence electrons. The number of hydrogen-bond acceptors (Lipinski definition) is 6. The van der Waals surface area contributed by atoms with Crippen LogP contribution in [0.4, 0.5) is 5.82 Å². The van der Waals surface area contributed by atoms with E-state index in [1.807, 2.05) is 24.0 Å². The van der Waals surface area contributed by atoms with E-state index in [-0.39, 0.29) is 18.1 Å². The third-order valence-electron chi connectivity index (χ3n) is 5.26. The van der Waals surface area contributed by atoms with Crippen LogP contribution in [-0.2, 0) is 14.3 Å². The lowest BCUT2D eigenvalue weighted by Crippen LogP contribution is -2.46. The third-order valence-corrected chi connectivity index (χ3v) is 5.26. The highest BCUT2D eigenvalue weighted by atomic mass is 16.5. The van der Waals surface area contributed by atoms with Crippen molar-refractivity contribution < 1.29 is 14.3 Å². The van der Waals surface area contributed by atoms with Crippen LogP contribution in [-0.4, -0.2) is 72.6 Å². The topological polar surface area (TPSA) is 67.8 Å². The Morgan fingerprint density at radius 2 is 2.04 bits per heavy atom. The number of nitrogens with zero attached hydrogens (tertiary/aromatic N) is 4. The molecular formula is C17H24N4O3. The number of carbonyl (C=O) groups excluding carboxylic acids is 1. The van der Waals surface area contributed by atoms with Crippen LogP contribution < -0.4 is 4.90 Å². The van der Waals surface area contributed by atoms with Crippen LogP contribution in [0.15, 0.2) is 12.1 Å². The van der Waals surface area contributed by atoms with Crippen LogP contribution in [0.2, 0.25) is 0 Å². The van der Waals surface area contributed by atoms with E-state index < -0.39 is 0 Å². The Hall–Kier alpha value is -1.73. The molecule has 7 heteroatoms. The van der Waals surface area contributed by atoms with Crippen molar-refractivity contribution >= 4 is 11.7 Å². The summed E-state index contributed by atoms with van der Waals surface area (Å²) in [5, 5.41) is 8.41. The summed E-state index contributed by atoms with van der Waals surface area (Å²) >= 11 is 0. The zero-order chi connectivity index (χ0) is 16.5. The molecule has 0 N–H and O–H groups in total. The first kappa shape index (κ1) is 15.8. The predicted molar refractivity (Wildman–Crippen MR) is 87.8 cm³/mol. The number of morpholine rings is 1. The van der Waals surface area contributed by atoms with Crippen molar-refractivity contribution in [1.82, 2.24) is 15.1 Å². The molecule has 7 nitrogen and oxygen atoms in total. The fraction of sp³-hybridized carbons (Fsp3) is 0.706. The van der Waals surface area contributed by atoms with Gasteiger partial charge in [0, 0.05) is 26.2 Å². The van der Waals surface area contributed by atoms with E-state index in [0.29, 0.717) is 32.2 Å². The van der Waals surface area contributed by atoms with Gasteiger partial charge >= 0.3 is 0 Å². The SMILES string of the molecule is Cc1ccc(N2CC[C@H]3C[C@@H](C(=O)N4CCOCC4)O[C@H]3C2)nn1. The maximum Gasteiger partial charge on any atom is 0.251 e. The van der Waals surface area contributed by atoms with Crippen molar-refractivity contribution in [3.63, 3.8) is 0 Å². The Balaban J connectivity index is 1.38. The molecule has 4 heterocycles. The molecule has 0 aromatic carbocycles. The molecule has 0 aliphatic carbocycles. The highest BCUT2D eigenvalue weighted by Gasteiger charge is 2.43. The third kappa shape index (κ3) is 3.10. The van der Waals surface area contributed by atoms with Gasteiger partial charge in [0.1, 0.15) is 6.10 Å². The Bertz CT molecular complexity index is 588. The van der Waals surface area contributed by atoms with Crippen molar-refractivity contribution in [2.75, 3.05) is 44.3 Å². The number of fused-ring (bicyclic) bond motifs is 1. The number of anilines is 1. The fourth-order valence-electron chi connectivity index (χ4n) is 3.85. The molecule has 0 radical (unpaired) electrons. The van der Waals surface area contributed by atoms with Gasteiger partial charge in [-0.1, -0.05) is 0 Å². The van der Waals surface area contributed by atoms with Gasteiger partial charge in [0.15, 0.2) is 5.82 Å². The van der Waals surface area contributed by atoms with Crippen LogP contribution in [0.1, 0.15) is 18.5 Å². The van der Waals surface area contributed by atoms with E-state index in [1.54, 1.807) is 0 Å². The van der Waals surface area contributed by atoms with E-state index in [2.05, 4.69) is 15.1 Å². The molecule has 0 spiro atoms. The number of aryl methyl sites for hydroxylation is 1. The van der Waals surface area contributed by atoms with Crippen LogP contribution >= 0.6 is 0 Å². The van der Waals surface area contributed by atoms with Gasteiger partial charge in [-0.15, -0.1) is 5.10 Å². The number of rotatable bonds is 2. The van der Waals surface area contributed by atoms with Crippen LogP contribution in [0, 0.1) is 12.8 Å². The van der Waals surface area contributed by atoms with E-state index in [1.165, 1.54) is 0 Å². The minimum Gasteiger partial charge on any atom is -0.378 e. The second-order valence-corrected chi connectivity index (χ2v) is 6.86. The molecule has 3 aliphatic heterocycles. The summed E-state index contributed by atoms with van der Waals surface area (Å²) in [6.45, 7) is 6.29. The summed E-state index contributed by atoms with van der Waals surface area (Å²) < 4.78 is 11.5. The maximum atomic E-state index is 12.6. The summed E-state index contributed by atoms with van der Waals surface area (Å²) in [5.74, 6) is 1.50. The molecule has 3 fully saturated rings. The summed E-state index contributed by atoms with van der Waals surface area (Å²) in [4.78, 5) is 16.7. The second kappa shape index (κ2) is 6.64. The molecule has 0 unspecified atom stereocenters. The lowest BCUT2D eigenvalue weighted by atomic mass is 9.91. The average molecular weight is 332 g/mol. The Labute approximate surface area is 141 Å². The van der Waals surface area contributed by atoms with Crippen molar-refractivity contribution in [3.05, 3.63) is 17.8 Å². The highest BCUT2D eigenvalue weighted by molar-refractivity contribution is 5.81. The van der Waals surface area contributed by atoms with Crippen molar-refractivity contribution in [1.29, 1.82) is 0 Å². The molecule has 1 aromatic heterocycles. The van der Waals surface area contributed by atoms with Crippen molar-refractivity contribution in [2.45, 2.75) is 32.0 Å². The second-order valence-electron chi connectivity index (χ2n) is 6.86. The van der Waals surface area contributed by atoms with Crippen molar-refractivity contribution in [2.24, 2.45) is 5.92 Å². The van der Waals surface area contributed by atoms with Gasteiger partial charge in [-0.05, 0) is 37.8 Å². The Kier molecular flexibility index (Phi) is 4.37. The normalized spacial score (nSPS) is 30.3. The van der Waals surface area contributed by atoms with Gasteiger partial charge in [0.2, 0.25) is 0 Å². The number of carbonyl (C=O) groups is 1. The van der Waals surface area contributed by atoms with E-state index in [4.69, 9.17) is 9.47 Å². The predicted octanol–water partition coefficient (Wildman–Crippen LogP) is 0.628. The molecule has 0 saturated carbocycles. The average Bonchev–Trinajstić information content (AvgIpc) is 3.05. The van der Waals surface area contributed by atoms with Gasteiger partial charge in [-0.3, -0.25) is 4.79 Å². The molecule has 24 heavy (non-hydrogen) atoms. The molecule has 1 aromatic rings. The quantitative estimate of drug-likeness (QED) is 0.791. The Morgan fingerprint density at radius 1 is 1.21 bits per heavy atom. The van der Waals surface area contributed by atoms with Gasteiger partial charge in [0.25, 0.3) is 5.91 Å². The summed E-state index contributed by atoms with van der Waals surface area (Å²) in [6.07, 6.45) is 1.69. The highest BCUT2D eigenvalue weighted by Crippen LogP contribution is 2.35. The van der Waals surface area contributed by atoms with E-state index >= 15 is 0 Å². The first-order chi connectivity index (χ1) is 11.7. The number of piperidine rings is 1. The summed E-state index contributed by atoms with van der Waals surface area (Å²) in [7, 11) is 0. The maximum absolute atomic E-state index is 12.6. The number of hydrogen-bond donors (Lipinski definition) is 0. The van der Waals surface area contributed by atoms with Crippen LogP contribution in [0.5, 0.6) is 0 Å². The molecule has 0 bridgehead atoms. The monoisotopic (exact) mass is 332 g/mol. The minimum absolute atomic E-state index is 0.108. The summed E-state index contributed by atoms with van der Waals surface area (Å²) in [6, 6.07) is 3.99.